The van der Waals surface area contributed by atoms with Gasteiger partial charge in [0.2, 0.25) is 0 Å². The van der Waals surface area contributed by atoms with E-state index in [-0.39, 0.29) is 6.54 Å². The number of benzene rings is 2. The van der Waals surface area contributed by atoms with Crippen molar-refractivity contribution >= 4 is 17.4 Å². The van der Waals surface area contributed by atoms with Crippen LogP contribution in [0.3, 0.4) is 0 Å². The summed E-state index contributed by atoms with van der Waals surface area (Å²) < 4.78 is 14.4. The summed E-state index contributed by atoms with van der Waals surface area (Å²) in [6, 6.07) is 15.6. The number of hydrogen-bond donors (Lipinski definition) is 0. The van der Waals surface area contributed by atoms with Crippen molar-refractivity contribution in [1.29, 1.82) is 0 Å². The first kappa shape index (κ1) is 14.2. The van der Waals surface area contributed by atoms with Gasteiger partial charge in [-0.15, -0.1) is 0 Å². The molecule has 2 amide bonds. The third-order valence-corrected chi connectivity index (χ3v) is 3.79. The minimum Gasteiger partial charge on any atom is -0.269 e. The Morgan fingerprint density at radius 1 is 0.909 bits per heavy atom. The first-order chi connectivity index (χ1) is 10.6. The van der Waals surface area contributed by atoms with Crippen molar-refractivity contribution in [3.63, 3.8) is 0 Å². The van der Waals surface area contributed by atoms with Gasteiger partial charge in [0.25, 0.3) is 11.8 Å². The molecule has 0 saturated heterocycles. The Morgan fingerprint density at radius 3 is 1.95 bits per heavy atom. The molecule has 3 rings (SSSR count). The van der Waals surface area contributed by atoms with Crippen LogP contribution in [-0.2, 0) is 0 Å². The normalized spacial score (nSPS) is 14.9. The number of hydrogen-bond acceptors (Lipinski definition) is 2. The number of amides is 2. The second-order valence-corrected chi connectivity index (χ2v) is 5.14. The molecule has 1 aliphatic heterocycles. The van der Waals surface area contributed by atoms with E-state index in [2.05, 4.69) is 0 Å². The van der Waals surface area contributed by atoms with Crippen molar-refractivity contribution in [3.8, 4) is 0 Å². The monoisotopic (exact) mass is 295 g/mol. The molecule has 2 aromatic carbocycles. The summed E-state index contributed by atoms with van der Waals surface area (Å²) in [5, 5.41) is 0. The number of imide groups is 1. The van der Waals surface area contributed by atoms with Gasteiger partial charge in [-0.25, -0.2) is 4.39 Å². The lowest BCUT2D eigenvalue weighted by Gasteiger charge is -2.14. The third kappa shape index (κ3) is 2.33. The van der Waals surface area contributed by atoms with Gasteiger partial charge < -0.3 is 0 Å². The molecule has 1 aliphatic rings. The molecule has 3 nitrogen and oxygen atoms in total. The predicted molar refractivity (Wildman–Crippen MR) is 82.0 cm³/mol. The largest absolute Gasteiger partial charge is 0.269 e. The fourth-order valence-electron chi connectivity index (χ4n) is 2.48. The van der Waals surface area contributed by atoms with Crippen LogP contribution in [0.15, 0.2) is 60.4 Å². The van der Waals surface area contributed by atoms with E-state index >= 15 is 0 Å². The van der Waals surface area contributed by atoms with E-state index in [1.807, 2.05) is 18.2 Å². The van der Waals surface area contributed by atoms with Crippen LogP contribution in [0.25, 0.3) is 5.57 Å². The summed E-state index contributed by atoms with van der Waals surface area (Å²) in [5.74, 6) is -1.38. The van der Waals surface area contributed by atoms with E-state index in [4.69, 9.17) is 0 Å². The second kappa shape index (κ2) is 5.56. The van der Waals surface area contributed by atoms with Gasteiger partial charge in [-0.05, 0) is 30.2 Å². The van der Waals surface area contributed by atoms with Gasteiger partial charge in [-0.3, -0.25) is 14.5 Å². The van der Waals surface area contributed by atoms with Gasteiger partial charge in [-0.1, -0.05) is 42.5 Å². The number of fused-ring (bicyclic) bond motifs is 1. The van der Waals surface area contributed by atoms with Crippen LogP contribution in [0.5, 0.6) is 0 Å². The zero-order valence-corrected chi connectivity index (χ0v) is 12.0. The minimum atomic E-state index is -0.485. The molecule has 0 unspecified atom stereocenters. The summed E-state index contributed by atoms with van der Waals surface area (Å²) in [7, 11) is 0. The Labute approximate surface area is 127 Å². The molecule has 0 fully saturated rings. The van der Waals surface area contributed by atoms with Crippen molar-refractivity contribution in [2.45, 2.75) is 6.92 Å². The molecular weight excluding hydrogens is 281 g/mol. The van der Waals surface area contributed by atoms with Crippen LogP contribution >= 0.6 is 0 Å². The summed E-state index contributed by atoms with van der Waals surface area (Å²) in [4.78, 5) is 25.4. The molecule has 0 radical (unpaired) electrons. The van der Waals surface area contributed by atoms with Crippen molar-refractivity contribution < 1.29 is 14.0 Å². The van der Waals surface area contributed by atoms with Crippen molar-refractivity contribution in [2.75, 3.05) is 6.54 Å². The standard InChI is InChI=1S/C18H14FNO2/c1-12(13-7-3-2-4-8-13)16(19)11-20-17(21)14-9-5-6-10-15(14)18(20)22/h2-10H,11H2,1H3/b16-12-. The molecule has 110 valence electrons. The lowest BCUT2D eigenvalue weighted by Crippen LogP contribution is -2.31. The van der Waals surface area contributed by atoms with Crippen LogP contribution < -0.4 is 0 Å². The maximum absolute atomic E-state index is 14.4. The molecule has 0 bridgehead atoms. The smallest absolute Gasteiger partial charge is 0.261 e. The predicted octanol–water partition coefficient (Wildman–Crippen LogP) is 3.68. The Kier molecular flexibility index (Phi) is 3.59. The zero-order valence-electron chi connectivity index (χ0n) is 12.0. The summed E-state index contributed by atoms with van der Waals surface area (Å²) in [5.41, 5.74) is 1.82. The van der Waals surface area contributed by atoms with E-state index in [1.165, 1.54) is 0 Å². The highest BCUT2D eigenvalue weighted by molar-refractivity contribution is 6.21. The van der Waals surface area contributed by atoms with E-state index < -0.39 is 17.6 Å². The molecule has 22 heavy (non-hydrogen) atoms. The molecule has 0 aromatic heterocycles. The van der Waals surface area contributed by atoms with Crippen LogP contribution in [0, 0.1) is 0 Å². The van der Waals surface area contributed by atoms with Crippen LogP contribution in [0.4, 0.5) is 4.39 Å². The highest BCUT2D eigenvalue weighted by Gasteiger charge is 2.35. The van der Waals surface area contributed by atoms with Gasteiger partial charge in [0.1, 0.15) is 5.83 Å². The molecule has 0 saturated carbocycles. The summed E-state index contributed by atoms with van der Waals surface area (Å²) in [6.45, 7) is 1.30. The third-order valence-electron chi connectivity index (χ3n) is 3.79. The van der Waals surface area contributed by atoms with Crippen molar-refractivity contribution in [2.24, 2.45) is 0 Å². The number of allylic oxidation sites excluding steroid dienone is 1. The fourth-order valence-corrected chi connectivity index (χ4v) is 2.48. The average molecular weight is 295 g/mol. The molecular formula is C18H14FNO2. The highest BCUT2D eigenvalue weighted by atomic mass is 19.1. The van der Waals surface area contributed by atoms with E-state index in [0.29, 0.717) is 16.7 Å². The number of carbonyl (C=O) groups is 2. The van der Waals surface area contributed by atoms with Gasteiger partial charge in [0, 0.05) is 0 Å². The zero-order chi connectivity index (χ0) is 15.7. The first-order valence-corrected chi connectivity index (χ1v) is 6.95. The second-order valence-electron chi connectivity index (χ2n) is 5.14. The van der Waals surface area contributed by atoms with Gasteiger partial charge in [0.15, 0.2) is 0 Å². The lowest BCUT2D eigenvalue weighted by molar-refractivity contribution is 0.0660. The van der Waals surface area contributed by atoms with Crippen molar-refractivity contribution in [1.82, 2.24) is 4.90 Å². The van der Waals surface area contributed by atoms with E-state index in [0.717, 1.165) is 10.5 Å². The Bertz CT molecular complexity index is 746. The van der Waals surface area contributed by atoms with Crippen LogP contribution in [0.1, 0.15) is 33.2 Å². The lowest BCUT2D eigenvalue weighted by atomic mass is 10.1. The van der Waals surface area contributed by atoms with Crippen LogP contribution in [-0.4, -0.2) is 23.3 Å². The maximum atomic E-state index is 14.4. The fraction of sp³-hybridized carbons (Fsp3) is 0.111. The molecule has 0 aliphatic carbocycles. The number of nitrogens with zero attached hydrogens (tertiary/aromatic N) is 1. The molecule has 0 spiro atoms. The minimum absolute atomic E-state index is 0.331. The number of rotatable bonds is 3. The Morgan fingerprint density at radius 2 is 1.41 bits per heavy atom. The molecule has 0 N–H and O–H groups in total. The van der Waals surface area contributed by atoms with E-state index in [1.54, 1.807) is 43.3 Å². The summed E-state index contributed by atoms with van der Waals surface area (Å²) in [6.07, 6.45) is 0. The quantitative estimate of drug-likeness (QED) is 0.810. The van der Waals surface area contributed by atoms with E-state index in [9.17, 15) is 14.0 Å². The molecule has 0 atom stereocenters. The average Bonchev–Trinajstić information content (AvgIpc) is 2.80. The SMILES string of the molecule is C/C(=C(/F)CN1C(=O)c2ccccc2C1=O)c1ccccc1. The molecule has 1 heterocycles. The van der Waals surface area contributed by atoms with Crippen molar-refractivity contribution in [3.05, 3.63) is 77.1 Å². The highest BCUT2D eigenvalue weighted by Crippen LogP contribution is 2.26. The first-order valence-electron chi connectivity index (χ1n) is 6.95. The topological polar surface area (TPSA) is 37.4 Å². The molecule has 4 heteroatoms. The van der Waals surface area contributed by atoms with Crippen LogP contribution in [0.2, 0.25) is 0 Å². The molecule has 2 aromatic rings. The number of carbonyl (C=O) groups excluding carboxylic acids is 2. The number of halogens is 1. The summed E-state index contributed by atoms with van der Waals surface area (Å²) >= 11 is 0. The maximum Gasteiger partial charge on any atom is 0.261 e. The van der Waals surface area contributed by atoms with Gasteiger partial charge in [0.05, 0.1) is 17.7 Å². The Balaban J connectivity index is 1.89. The Hall–Kier alpha value is -2.75. The van der Waals surface area contributed by atoms with Gasteiger partial charge in [-0.2, -0.15) is 0 Å². The van der Waals surface area contributed by atoms with Gasteiger partial charge >= 0.3 is 0 Å².